The van der Waals surface area contributed by atoms with E-state index in [0.717, 1.165) is 0 Å². The third kappa shape index (κ3) is 2.82. The van der Waals surface area contributed by atoms with Crippen molar-refractivity contribution in [1.82, 2.24) is 9.78 Å². The van der Waals surface area contributed by atoms with Gasteiger partial charge in [0.2, 0.25) is 5.91 Å². The molecule has 1 unspecified atom stereocenters. The highest BCUT2D eigenvalue weighted by molar-refractivity contribution is 6.01. The third-order valence-corrected chi connectivity index (χ3v) is 2.43. The maximum Gasteiger partial charge on any atom is 0.341 e. The lowest BCUT2D eigenvalue weighted by Crippen LogP contribution is -2.40. The molecule has 1 rings (SSSR count). The van der Waals surface area contributed by atoms with Crippen LogP contribution in [-0.4, -0.2) is 32.8 Å². The van der Waals surface area contributed by atoms with E-state index < -0.39 is 17.9 Å². The summed E-state index contributed by atoms with van der Waals surface area (Å²) in [5, 5.41) is 15.2. The normalized spacial score (nSPS) is 12.5. The van der Waals surface area contributed by atoms with Crippen LogP contribution in [0, 0.1) is 5.92 Å². The summed E-state index contributed by atoms with van der Waals surface area (Å²) in [7, 11) is 1.54. The van der Waals surface area contributed by atoms with Gasteiger partial charge in [-0.15, -0.1) is 0 Å². The molecule has 1 atom stereocenters. The van der Waals surface area contributed by atoms with Crippen LogP contribution in [0.3, 0.4) is 0 Å². The SMILES string of the molecule is CC(C)C(N)C(=O)Nc1c(C(=O)O)cnn1C. The molecule has 1 heterocycles. The first-order valence-corrected chi connectivity index (χ1v) is 5.16. The van der Waals surface area contributed by atoms with Gasteiger partial charge in [-0.05, 0) is 5.92 Å². The highest BCUT2D eigenvalue weighted by Crippen LogP contribution is 2.14. The zero-order valence-electron chi connectivity index (χ0n) is 9.97. The van der Waals surface area contributed by atoms with Crippen LogP contribution >= 0.6 is 0 Å². The Morgan fingerprint density at radius 1 is 1.53 bits per heavy atom. The van der Waals surface area contributed by atoms with Crippen molar-refractivity contribution in [3.63, 3.8) is 0 Å². The summed E-state index contributed by atoms with van der Waals surface area (Å²) in [6.07, 6.45) is 1.18. The summed E-state index contributed by atoms with van der Waals surface area (Å²) in [6, 6.07) is -0.688. The highest BCUT2D eigenvalue weighted by atomic mass is 16.4. The Hall–Kier alpha value is -1.89. The van der Waals surface area contributed by atoms with E-state index in [0.29, 0.717) is 0 Å². The summed E-state index contributed by atoms with van der Waals surface area (Å²) in [5.41, 5.74) is 5.61. The molecular formula is C10H16N4O3. The van der Waals surface area contributed by atoms with Crippen molar-refractivity contribution in [3.8, 4) is 0 Å². The molecule has 7 nitrogen and oxygen atoms in total. The number of carboxylic acids is 1. The molecule has 0 aromatic carbocycles. The second-order valence-corrected chi connectivity index (χ2v) is 4.09. The Balaban J connectivity index is 2.92. The van der Waals surface area contributed by atoms with Crippen LogP contribution in [0.15, 0.2) is 6.20 Å². The van der Waals surface area contributed by atoms with Gasteiger partial charge < -0.3 is 16.2 Å². The van der Waals surface area contributed by atoms with Gasteiger partial charge in [-0.3, -0.25) is 9.48 Å². The minimum atomic E-state index is -1.15. The maximum atomic E-state index is 11.7. The molecule has 0 saturated carbocycles. The van der Waals surface area contributed by atoms with Gasteiger partial charge in [0.1, 0.15) is 11.4 Å². The van der Waals surface area contributed by atoms with Gasteiger partial charge in [-0.2, -0.15) is 5.10 Å². The number of carbonyl (C=O) groups is 2. The molecule has 1 amide bonds. The summed E-state index contributed by atoms with van der Waals surface area (Å²) in [4.78, 5) is 22.6. The summed E-state index contributed by atoms with van der Waals surface area (Å²) >= 11 is 0. The maximum absolute atomic E-state index is 11.7. The second-order valence-electron chi connectivity index (χ2n) is 4.09. The molecular weight excluding hydrogens is 224 g/mol. The van der Waals surface area contributed by atoms with Crippen molar-refractivity contribution in [2.75, 3.05) is 5.32 Å². The Labute approximate surface area is 98.6 Å². The molecule has 1 aromatic rings. The molecule has 0 spiro atoms. The van der Waals surface area contributed by atoms with Crippen molar-refractivity contribution in [3.05, 3.63) is 11.8 Å². The quantitative estimate of drug-likeness (QED) is 0.688. The minimum absolute atomic E-state index is 0.0310. The number of nitrogens with two attached hydrogens (primary N) is 1. The van der Waals surface area contributed by atoms with Crippen LogP contribution in [0.25, 0.3) is 0 Å². The van der Waals surface area contributed by atoms with Crippen LogP contribution in [-0.2, 0) is 11.8 Å². The molecule has 0 saturated heterocycles. The topological polar surface area (TPSA) is 110 Å². The fourth-order valence-corrected chi connectivity index (χ4v) is 1.25. The number of rotatable bonds is 4. The number of amides is 1. The Morgan fingerprint density at radius 3 is 2.59 bits per heavy atom. The number of nitrogens with zero attached hydrogens (tertiary/aromatic N) is 2. The monoisotopic (exact) mass is 240 g/mol. The first-order chi connectivity index (χ1) is 7.84. The highest BCUT2D eigenvalue weighted by Gasteiger charge is 2.22. The predicted molar refractivity (Wildman–Crippen MR) is 61.6 cm³/mol. The van der Waals surface area contributed by atoms with E-state index in [2.05, 4.69) is 10.4 Å². The van der Waals surface area contributed by atoms with Gasteiger partial charge in [-0.1, -0.05) is 13.8 Å². The van der Waals surface area contributed by atoms with Gasteiger partial charge in [0.05, 0.1) is 12.2 Å². The lowest BCUT2D eigenvalue weighted by Gasteiger charge is -2.15. The Morgan fingerprint density at radius 2 is 2.12 bits per heavy atom. The molecule has 0 radical (unpaired) electrons. The first-order valence-electron chi connectivity index (χ1n) is 5.16. The summed E-state index contributed by atoms with van der Waals surface area (Å²) in [6.45, 7) is 3.62. The average Bonchev–Trinajstić information content (AvgIpc) is 2.59. The van der Waals surface area contributed by atoms with Crippen LogP contribution in [0.2, 0.25) is 0 Å². The molecule has 7 heteroatoms. The molecule has 0 fully saturated rings. The third-order valence-electron chi connectivity index (χ3n) is 2.43. The van der Waals surface area contributed by atoms with Gasteiger partial charge in [0.15, 0.2) is 0 Å². The van der Waals surface area contributed by atoms with Gasteiger partial charge in [0.25, 0.3) is 0 Å². The number of hydrogen-bond donors (Lipinski definition) is 3. The fraction of sp³-hybridized carbons (Fsp3) is 0.500. The second kappa shape index (κ2) is 4.96. The van der Waals surface area contributed by atoms with E-state index in [-0.39, 0.29) is 17.3 Å². The number of aromatic nitrogens is 2. The van der Waals surface area contributed by atoms with Crippen molar-refractivity contribution in [2.24, 2.45) is 18.7 Å². The zero-order chi connectivity index (χ0) is 13.2. The van der Waals surface area contributed by atoms with Crippen molar-refractivity contribution in [1.29, 1.82) is 0 Å². The number of hydrogen-bond acceptors (Lipinski definition) is 4. The van der Waals surface area contributed by atoms with Crippen LogP contribution in [0.1, 0.15) is 24.2 Å². The Kier molecular flexibility index (Phi) is 3.84. The summed E-state index contributed by atoms with van der Waals surface area (Å²) in [5.74, 6) is -1.47. The number of anilines is 1. The molecule has 4 N–H and O–H groups in total. The molecule has 0 aliphatic heterocycles. The molecule has 94 valence electrons. The number of carbonyl (C=O) groups excluding carboxylic acids is 1. The predicted octanol–water partition coefficient (Wildman–Crippen LogP) is 0.0401. The smallest absolute Gasteiger partial charge is 0.341 e. The van der Waals surface area contributed by atoms with Crippen molar-refractivity contribution >= 4 is 17.7 Å². The molecule has 17 heavy (non-hydrogen) atoms. The van der Waals surface area contributed by atoms with Crippen LogP contribution in [0.5, 0.6) is 0 Å². The lowest BCUT2D eigenvalue weighted by atomic mass is 10.1. The molecule has 0 aliphatic carbocycles. The molecule has 1 aromatic heterocycles. The number of carboxylic acid groups (broad SMARTS) is 1. The zero-order valence-corrected chi connectivity index (χ0v) is 9.97. The molecule has 0 bridgehead atoms. The largest absolute Gasteiger partial charge is 0.477 e. The van der Waals surface area contributed by atoms with E-state index in [4.69, 9.17) is 10.8 Å². The van der Waals surface area contributed by atoms with Crippen LogP contribution < -0.4 is 11.1 Å². The van der Waals surface area contributed by atoms with Gasteiger partial charge in [0, 0.05) is 7.05 Å². The average molecular weight is 240 g/mol. The number of aryl methyl sites for hydroxylation is 1. The van der Waals surface area contributed by atoms with Gasteiger partial charge in [-0.25, -0.2) is 4.79 Å². The molecule has 0 aliphatic rings. The van der Waals surface area contributed by atoms with E-state index in [9.17, 15) is 9.59 Å². The van der Waals surface area contributed by atoms with Crippen LogP contribution in [0.4, 0.5) is 5.82 Å². The lowest BCUT2D eigenvalue weighted by molar-refractivity contribution is -0.118. The first kappa shape index (κ1) is 13.2. The number of aromatic carboxylic acids is 1. The van der Waals surface area contributed by atoms with E-state index in [1.54, 1.807) is 7.05 Å². The van der Waals surface area contributed by atoms with E-state index >= 15 is 0 Å². The fourth-order valence-electron chi connectivity index (χ4n) is 1.25. The minimum Gasteiger partial charge on any atom is -0.477 e. The van der Waals surface area contributed by atoms with Crippen molar-refractivity contribution < 1.29 is 14.7 Å². The van der Waals surface area contributed by atoms with Gasteiger partial charge >= 0.3 is 5.97 Å². The number of nitrogens with one attached hydrogen (secondary N) is 1. The summed E-state index contributed by atoms with van der Waals surface area (Å²) < 4.78 is 1.29. The Bertz CT molecular complexity index is 439. The van der Waals surface area contributed by atoms with E-state index in [1.165, 1.54) is 10.9 Å². The standard InChI is InChI=1S/C10H16N4O3/c1-5(2)7(11)9(15)13-8-6(10(16)17)4-12-14(8)3/h4-5,7H,11H2,1-3H3,(H,13,15)(H,16,17). The van der Waals surface area contributed by atoms with E-state index in [1.807, 2.05) is 13.8 Å². The van der Waals surface area contributed by atoms with Crippen molar-refractivity contribution in [2.45, 2.75) is 19.9 Å².